The Bertz CT molecular complexity index is 511. The van der Waals surface area contributed by atoms with Gasteiger partial charge in [0.1, 0.15) is 18.3 Å². The van der Waals surface area contributed by atoms with Crippen LogP contribution in [0.1, 0.15) is 25.3 Å². The molecule has 4 nitrogen and oxygen atoms in total. The lowest BCUT2D eigenvalue weighted by molar-refractivity contribution is -0.0177. The van der Waals surface area contributed by atoms with Crippen LogP contribution in [0.15, 0.2) is 43.0 Å². The second kappa shape index (κ2) is 5.13. The normalized spacial score (nSPS) is 26.7. The molecule has 2 atom stereocenters. The first-order valence-corrected chi connectivity index (χ1v) is 6.84. The highest BCUT2D eigenvalue weighted by molar-refractivity contribution is 5.23. The molecule has 19 heavy (non-hydrogen) atoms. The Hall–Kier alpha value is -1.68. The fourth-order valence-corrected chi connectivity index (χ4v) is 2.84. The Kier molecular flexibility index (Phi) is 3.34. The van der Waals surface area contributed by atoms with E-state index in [1.54, 1.807) is 12.7 Å². The third-order valence-electron chi connectivity index (χ3n) is 3.97. The summed E-state index contributed by atoms with van der Waals surface area (Å²) < 4.78 is 8.08. The van der Waals surface area contributed by atoms with Gasteiger partial charge in [-0.05, 0) is 17.9 Å². The molecule has 2 heterocycles. The van der Waals surface area contributed by atoms with Gasteiger partial charge in [0.05, 0.1) is 13.2 Å². The summed E-state index contributed by atoms with van der Waals surface area (Å²) in [5.74, 6) is 0.628. The predicted molar refractivity (Wildman–Crippen MR) is 72.5 cm³/mol. The highest BCUT2D eigenvalue weighted by Gasteiger charge is 2.41. The van der Waals surface area contributed by atoms with Gasteiger partial charge in [-0.2, -0.15) is 5.10 Å². The Morgan fingerprint density at radius 1 is 1.37 bits per heavy atom. The second-order valence-electron chi connectivity index (χ2n) is 5.24. The summed E-state index contributed by atoms with van der Waals surface area (Å²) in [6.45, 7) is 3.79. The van der Waals surface area contributed by atoms with E-state index in [2.05, 4.69) is 41.3 Å². The molecule has 0 spiro atoms. The first-order valence-electron chi connectivity index (χ1n) is 6.84. The minimum Gasteiger partial charge on any atom is -0.368 e. The van der Waals surface area contributed by atoms with E-state index < -0.39 is 0 Å². The van der Waals surface area contributed by atoms with Gasteiger partial charge >= 0.3 is 0 Å². The van der Waals surface area contributed by atoms with Crippen LogP contribution in [0.2, 0.25) is 0 Å². The molecule has 100 valence electrons. The molecule has 2 aromatic rings. The van der Waals surface area contributed by atoms with E-state index in [0.29, 0.717) is 5.92 Å². The molecule has 0 aliphatic carbocycles. The molecule has 1 aliphatic heterocycles. The van der Waals surface area contributed by atoms with Crippen molar-refractivity contribution < 1.29 is 4.74 Å². The molecule has 1 unspecified atom stereocenters. The van der Waals surface area contributed by atoms with E-state index in [4.69, 9.17) is 4.74 Å². The molecule has 1 aliphatic rings. The van der Waals surface area contributed by atoms with Gasteiger partial charge in [-0.15, -0.1) is 0 Å². The highest BCUT2D eigenvalue weighted by atomic mass is 16.5. The molecule has 0 saturated carbocycles. The van der Waals surface area contributed by atoms with Crippen molar-refractivity contribution in [3.05, 3.63) is 48.5 Å². The predicted octanol–water partition coefficient (Wildman–Crippen LogP) is 2.62. The lowest BCUT2D eigenvalue weighted by atomic mass is 9.86. The molecule has 1 saturated heterocycles. The number of ether oxygens (including phenoxy) is 1. The van der Waals surface area contributed by atoms with Crippen molar-refractivity contribution in [1.29, 1.82) is 0 Å². The van der Waals surface area contributed by atoms with Crippen LogP contribution in [0, 0.1) is 5.92 Å². The fraction of sp³-hybridized carbons (Fsp3) is 0.467. The van der Waals surface area contributed by atoms with Crippen molar-refractivity contribution in [2.24, 2.45) is 5.92 Å². The Labute approximate surface area is 113 Å². The Morgan fingerprint density at radius 3 is 2.84 bits per heavy atom. The molecule has 0 amide bonds. The largest absolute Gasteiger partial charge is 0.368 e. The lowest BCUT2D eigenvalue weighted by Gasteiger charge is -2.29. The summed E-state index contributed by atoms with van der Waals surface area (Å²) in [4.78, 5) is 4.02. The molecular formula is C15H19N3O. The molecule has 3 rings (SSSR count). The van der Waals surface area contributed by atoms with Crippen LogP contribution in [0.25, 0.3) is 0 Å². The maximum atomic E-state index is 6.21. The van der Waals surface area contributed by atoms with Crippen LogP contribution in [0.3, 0.4) is 0 Å². The summed E-state index contributed by atoms with van der Waals surface area (Å²) in [5.41, 5.74) is 0.983. The molecule has 1 aromatic carbocycles. The zero-order valence-corrected chi connectivity index (χ0v) is 11.2. The summed E-state index contributed by atoms with van der Waals surface area (Å²) in [7, 11) is 0. The van der Waals surface area contributed by atoms with Gasteiger partial charge in [0.25, 0.3) is 0 Å². The monoisotopic (exact) mass is 257 g/mol. The van der Waals surface area contributed by atoms with Crippen LogP contribution in [-0.2, 0) is 16.9 Å². The molecule has 0 N–H and O–H groups in total. The molecule has 1 fully saturated rings. The van der Waals surface area contributed by atoms with E-state index in [9.17, 15) is 0 Å². The Balaban J connectivity index is 1.92. The second-order valence-corrected chi connectivity index (χ2v) is 5.24. The van der Waals surface area contributed by atoms with Gasteiger partial charge in [-0.3, -0.25) is 0 Å². The van der Waals surface area contributed by atoms with Crippen LogP contribution in [0.4, 0.5) is 0 Å². The van der Waals surface area contributed by atoms with E-state index in [1.807, 2.05) is 10.7 Å². The van der Waals surface area contributed by atoms with Crippen LogP contribution < -0.4 is 0 Å². The standard InChI is InChI=1S/C15H19N3O/c1-2-13-8-15(19-9-13,10-18-12-16-11-17-18)14-6-4-3-5-7-14/h3-7,11-13H,2,8-10H2,1H3/t13-,15?/m0/s1. The number of hydrogen-bond acceptors (Lipinski definition) is 3. The van der Waals surface area contributed by atoms with Gasteiger partial charge in [0, 0.05) is 0 Å². The smallest absolute Gasteiger partial charge is 0.137 e. The van der Waals surface area contributed by atoms with Crippen molar-refractivity contribution in [1.82, 2.24) is 14.8 Å². The third kappa shape index (κ3) is 2.40. The third-order valence-corrected chi connectivity index (χ3v) is 3.97. The molecular weight excluding hydrogens is 238 g/mol. The molecule has 0 radical (unpaired) electrons. The van der Waals surface area contributed by atoms with Crippen molar-refractivity contribution in [2.75, 3.05) is 6.61 Å². The first-order chi connectivity index (χ1) is 9.32. The number of aromatic nitrogens is 3. The number of hydrogen-bond donors (Lipinski definition) is 0. The van der Waals surface area contributed by atoms with E-state index >= 15 is 0 Å². The molecule has 4 heteroatoms. The number of rotatable bonds is 4. The highest BCUT2D eigenvalue weighted by Crippen LogP contribution is 2.41. The van der Waals surface area contributed by atoms with Gasteiger partial charge in [0.15, 0.2) is 0 Å². The summed E-state index contributed by atoms with van der Waals surface area (Å²) in [5, 5.41) is 4.23. The SMILES string of the molecule is CC[C@@H]1COC(Cn2cncn2)(c2ccccc2)C1. The van der Waals surface area contributed by atoms with Crippen molar-refractivity contribution in [2.45, 2.75) is 31.9 Å². The van der Waals surface area contributed by atoms with Crippen LogP contribution in [-0.4, -0.2) is 21.4 Å². The minimum atomic E-state index is -0.254. The van der Waals surface area contributed by atoms with Crippen LogP contribution >= 0.6 is 0 Å². The molecule has 0 bridgehead atoms. The Morgan fingerprint density at radius 2 is 2.21 bits per heavy atom. The lowest BCUT2D eigenvalue weighted by Crippen LogP contribution is -2.31. The zero-order valence-electron chi connectivity index (χ0n) is 11.2. The summed E-state index contributed by atoms with van der Waals surface area (Å²) in [6, 6.07) is 10.5. The van der Waals surface area contributed by atoms with Gasteiger partial charge in [-0.25, -0.2) is 9.67 Å². The quantitative estimate of drug-likeness (QED) is 0.845. The fourth-order valence-electron chi connectivity index (χ4n) is 2.84. The van der Waals surface area contributed by atoms with Crippen molar-refractivity contribution in [3.8, 4) is 0 Å². The van der Waals surface area contributed by atoms with E-state index in [0.717, 1.165) is 26.0 Å². The number of benzene rings is 1. The minimum absolute atomic E-state index is 0.254. The van der Waals surface area contributed by atoms with Crippen LogP contribution in [0.5, 0.6) is 0 Å². The maximum absolute atomic E-state index is 6.21. The average molecular weight is 257 g/mol. The summed E-state index contributed by atoms with van der Waals surface area (Å²) >= 11 is 0. The van der Waals surface area contributed by atoms with E-state index in [1.165, 1.54) is 5.56 Å². The van der Waals surface area contributed by atoms with Gasteiger partial charge < -0.3 is 4.74 Å². The summed E-state index contributed by atoms with van der Waals surface area (Å²) in [6.07, 6.45) is 5.54. The topological polar surface area (TPSA) is 39.9 Å². The average Bonchev–Trinajstić information content (AvgIpc) is 3.10. The van der Waals surface area contributed by atoms with Gasteiger partial charge in [-0.1, -0.05) is 43.7 Å². The van der Waals surface area contributed by atoms with Gasteiger partial charge in [0.2, 0.25) is 0 Å². The van der Waals surface area contributed by atoms with E-state index in [-0.39, 0.29) is 5.60 Å². The molecule has 1 aromatic heterocycles. The zero-order chi connectivity index (χ0) is 13.1. The maximum Gasteiger partial charge on any atom is 0.137 e. The van der Waals surface area contributed by atoms with Crippen molar-refractivity contribution >= 4 is 0 Å². The van der Waals surface area contributed by atoms with Crippen molar-refractivity contribution in [3.63, 3.8) is 0 Å². The first kappa shape index (κ1) is 12.4. The number of nitrogens with zero attached hydrogens (tertiary/aromatic N) is 3.